The molecule has 0 N–H and O–H groups in total. The van der Waals surface area contributed by atoms with Crippen molar-refractivity contribution in [1.82, 2.24) is 0 Å². The van der Waals surface area contributed by atoms with Crippen LogP contribution in [0.5, 0.6) is 0 Å². The number of ketones is 1. The van der Waals surface area contributed by atoms with E-state index in [1.165, 1.54) is 6.42 Å². The Labute approximate surface area is 79.8 Å². The zero-order chi connectivity index (χ0) is 9.84. The first-order valence-electron chi connectivity index (χ1n) is 4.71. The molecule has 1 rings (SSSR count). The van der Waals surface area contributed by atoms with Gasteiger partial charge in [-0.2, -0.15) is 0 Å². The van der Waals surface area contributed by atoms with Crippen molar-refractivity contribution in [3.05, 3.63) is 36.0 Å². The molecule has 70 valence electrons. The highest BCUT2D eigenvalue weighted by Crippen LogP contribution is 2.27. The molecule has 0 amide bonds. The molecule has 0 spiro atoms. The largest absolute Gasteiger partial charge is 0.289 e. The highest BCUT2D eigenvalue weighted by Gasteiger charge is 2.17. The third-order valence-corrected chi connectivity index (χ3v) is 2.42. The van der Waals surface area contributed by atoms with Crippen molar-refractivity contribution in [2.24, 2.45) is 0 Å². The lowest BCUT2D eigenvalue weighted by atomic mass is 9.87. The summed E-state index contributed by atoms with van der Waals surface area (Å²) in [6.45, 7) is 9.19. The Bertz CT molecular complexity index is 281. The van der Waals surface area contributed by atoms with E-state index in [0.717, 1.165) is 30.4 Å². The molecule has 0 unspecified atom stereocenters. The van der Waals surface area contributed by atoms with Gasteiger partial charge in [-0.15, -0.1) is 0 Å². The number of Topliss-reactive ketones (excluding diaryl/α,β-unsaturated/α-hetero) is 1. The highest BCUT2D eigenvalue weighted by atomic mass is 16.1. The number of allylic oxidation sites excluding steroid dienone is 4. The number of carbonyl (C=O) groups excluding carboxylic acids is 1. The van der Waals surface area contributed by atoms with E-state index in [1.54, 1.807) is 6.92 Å². The monoisotopic (exact) mass is 176 g/mol. The molecule has 0 aromatic rings. The SMILES string of the molecule is C=CC1=C(C(=O)C(=C)C)CCCC1. The maximum absolute atomic E-state index is 11.7. The van der Waals surface area contributed by atoms with Crippen LogP contribution in [0.15, 0.2) is 36.0 Å². The van der Waals surface area contributed by atoms with Gasteiger partial charge in [0.05, 0.1) is 0 Å². The number of hydrogen-bond donors (Lipinski definition) is 0. The van der Waals surface area contributed by atoms with Crippen LogP contribution < -0.4 is 0 Å². The van der Waals surface area contributed by atoms with Crippen molar-refractivity contribution in [2.75, 3.05) is 0 Å². The summed E-state index contributed by atoms with van der Waals surface area (Å²) in [5.41, 5.74) is 2.70. The van der Waals surface area contributed by atoms with E-state index in [1.807, 2.05) is 6.08 Å². The summed E-state index contributed by atoms with van der Waals surface area (Å²) >= 11 is 0. The first-order valence-corrected chi connectivity index (χ1v) is 4.71. The Morgan fingerprint density at radius 3 is 2.54 bits per heavy atom. The average molecular weight is 176 g/mol. The van der Waals surface area contributed by atoms with E-state index in [4.69, 9.17) is 0 Å². The molecule has 1 aliphatic rings. The lowest BCUT2D eigenvalue weighted by molar-refractivity contribution is -0.112. The van der Waals surface area contributed by atoms with Gasteiger partial charge < -0.3 is 0 Å². The molecule has 0 bridgehead atoms. The van der Waals surface area contributed by atoms with Gasteiger partial charge in [-0.1, -0.05) is 19.2 Å². The summed E-state index contributed by atoms with van der Waals surface area (Å²) in [7, 11) is 0. The molecule has 0 saturated heterocycles. The Kier molecular flexibility index (Phi) is 3.24. The van der Waals surface area contributed by atoms with Gasteiger partial charge in [0.2, 0.25) is 0 Å². The van der Waals surface area contributed by atoms with Gasteiger partial charge >= 0.3 is 0 Å². The van der Waals surface area contributed by atoms with E-state index in [-0.39, 0.29) is 5.78 Å². The van der Waals surface area contributed by atoms with Crippen molar-refractivity contribution < 1.29 is 4.79 Å². The first-order chi connectivity index (χ1) is 6.16. The fraction of sp³-hybridized carbons (Fsp3) is 0.417. The molecule has 0 aromatic carbocycles. The minimum Gasteiger partial charge on any atom is -0.289 e. The van der Waals surface area contributed by atoms with Crippen molar-refractivity contribution in [1.29, 1.82) is 0 Å². The molecule has 1 heteroatoms. The normalized spacial score (nSPS) is 17.0. The van der Waals surface area contributed by atoms with Crippen LogP contribution in [0.1, 0.15) is 32.6 Å². The third kappa shape index (κ3) is 2.18. The van der Waals surface area contributed by atoms with E-state index in [9.17, 15) is 4.79 Å². The molecule has 0 heterocycles. The summed E-state index contributed by atoms with van der Waals surface area (Å²) in [5.74, 6) is 0.120. The fourth-order valence-electron chi connectivity index (χ4n) is 1.67. The van der Waals surface area contributed by atoms with Crippen molar-refractivity contribution >= 4 is 5.78 Å². The predicted octanol–water partition coefficient (Wildman–Crippen LogP) is 3.19. The topological polar surface area (TPSA) is 17.1 Å². The molecule has 0 aromatic heterocycles. The Balaban J connectivity index is 2.97. The van der Waals surface area contributed by atoms with Gasteiger partial charge in [-0.05, 0) is 43.8 Å². The maximum Gasteiger partial charge on any atom is 0.184 e. The van der Waals surface area contributed by atoms with Crippen LogP contribution in [-0.2, 0) is 4.79 Å². The molecular weight excluding hydrogens is 160 g/mol. The van der Waals surface area contributed by atoms with E-state index >= 15 is 0 Å². The van der Waals surface area contributed by atoms with Crippen LogP contribution in [0.4, 0.5) is 0 Å². The number of carbonyl (C=O) groups is 1. The smallest absolute Gasteiger partial charge is 0.184 e. The zero-order valence-electron chi connectivity index (χ0n) is 8.23. The van der Waals surface area contributed by atoms with Gasteiger partial charge in [0.25, 0.3) is 0 Å². The summed E-state index contributed by atoms with van der Waals surface area (Å²) in [6, 6.07) is 0. The van der Waals surface area contributed by atoms with Gasteiger partial charge in [0, 0.05) is 5.57 Å². The lowest BCUT2D eigenvalue weighted by Crippen LogP contribution is -2.09. The minimum atomic E-state index is 0.120. The number of hydrogen-bond acceptors (Lipinski definition) is 1. The van der Waals surface area contributed by atoms with Crippen LogP contribution in [0, 0.1) is 0 Å². The Hall–Kier alpha value is -1.11. The molecule has 0 radical (unpaired) electrons. The van der Waals surface area contributed by atoms with Gasteiger partial charge in [0.1, 0.15) is 0 Å². The standard InChI is InChI=1S/C12H16O/c1-4-10-7-5-6-8-11(10)12(13)9(2)3/h4H,1-2,5-8H2,3H3. The van der Waals surface area contributed by atoms with Crippen LogP contribution in [0.25, 0.3) is 0 Å². The second-order valence-electron chi connectivity index (χ2n) is 3.52. The minimum absolute atomic E-state index is 0.120. The highest BCUT2D eigenvalue weighted by molar-refractivity contribution is 6.08. The molecule has 0 aliphatic heterocycles. The van der Waals surface area contributed by atoms with Crippen LogP contribution in [-0.4, -0.2) is 5.78 Å². The fourth-order valence-corrected chi connectivity index (χ4v) is 1.67. The summed E-state index contributed by atoms with van der Waals surface area (Å²) in [4.78, 5) is 11.7. The van der Waals surface area contributed by atoms with Crippen molar-refractivity contribution in [2.45, 2.75) is 32.6 Å². The van der Waals surface area contributed by atoms with E-state index in [0.29, 0.717) is 5.57 Å². The third-order valence-electron chi connectivity index (χ3n) is 2.42. The predicted molar refractivity (Wildman–Crippen MR) is 55.5 cm³/mol. The van der Waals surface area contributed by atoms with Gasteiger partial charge in [-0.25, -0.2) is 0 Å². The Morgan fingerprint density at radius 2 is 2.00 bits per heavy atom. The average Bonchev–Trinajstić information content (AvgIpc) is 2.16. The summed E-state index contributed by atoms with van der Waals surface area (Å²) in [5, 5.41) is 0. The van der Waals surface area contributed by atoms with Crippen LogP contribution in [0.2, 0.25) is 0 Å². The molecule has 13 heavy (non-hydrogen) atoms. The molecule has 1 aliphatic carbocycles. The Morgan fingerprint density at radius 1 is 1.38 bits per heavy atom. The summed E-state index contributed by atoms with van der Waals surface area (Å²) in [6.07, 6.45) is 6.00. The maximum atomic E-state index is 11.7. The molecule has 1 nitrogen and oxygen atoms in total. The van der Waals surface area contributed by atoms with Gasteiger partial charge in [-0.3, -0.25) is 4.79 Å². The molecular formula is C12H16O. The second-order valence-corrected chi connectivity index (χ2v) is 3.52. The van der Waals surface area contributed by atoms with Crippen molar-refractivity contribution in [3.8, 4) is 0 Å². The van der Waals surface area contributed by atoms with Crippen molar-refractivity contribution in [3.63, 3.8) is 0 Å². The van der Waals surface area contributed by atoms with Gasteiger partial charge in [0.15, 0.2) is 5.78 Å². The molecule has 0 fully saturated rings. The molecule has 0 saturated carbocycles. The first kappa shape index (κ1) is 9.97. The summed E-state index contributed by atoms with van der Waals surface area (Å²) < 4.78 is 0. The van der Waals surface area contributed by atoms with Crippen LogP contribution >= 0.6 is 0 Å². The molecule has 0 atom stereocenters. The van der Waals surface area contributed by atoms with Crippen LogP contribution in [0.3, 0.4) is 0 Å². The quantitative estimate of drug-likeness (QED) is 0.603. The lowest BCUT2D eigenvalue weighted by Gasteiger charge is -2.16. The number of rotatable bonds is 3. The van der Waals surface area contributed by atoms with E-state index in [2.05, 4.69) is 13.2 Å². The second kappa shape index (κ2) is 4.22. The zero-order valence-corrected chi connectivity index (χ0v) is 8.23. The van der Waals surface area contributed by atoms with E-state index < -0.39 is 0 Å².